The lowest BCUT2D eigenvalue weighted by molar-refractivity contribution is -0.151. The van der Waals surface area contributed by atoms with Gasteiger partial charge in [-0.15, -0.1) is 0 Å². The number of nitrogens with zero attached hydrogens (tertiary/aromatic N) is 1. The standard InChI is InChI=1S/C17H21ClN2O4/c1-2-24-17(23)12-7-9-20(10-8-12)15(21)11-19-16(22)13-5-3-4-6-14(13)18/h3-6,12H,2,7-11H2,1H3,(H,19,22). The Labute approximate surface area is 146 Å². The molecule has 1 heterocycles. The summed E-state index contributed by atoms with van der Waals surface area (Å²) >= 11 is 5.95. The summed E-state index contributed by atoms with van der Waals surface area (Å²) < 4.78 is 5.00. The van der Waals surface area contributed by atoms with E-state index in [0.717, 1.165) is 0 Å². The van der Waals surface area contributed by atoms with Crippen molar-refractivity contribution in [2.24, 2.45) is 5.92 Å². The van der Waals surface area contributed by atoms with Gasteiger partial charge in [0.15, 0.2) is 0 Å². The van der Waals surface area contributed by atoms with Crippen LogP contribution >= 0.6 is 11.6 Å². The third-order valence-electron chi connectivity index (χ3n) is 3.99. The number of hydrogen-bond donors (Lipinski definition) is 1. The molecule has 1 fully saturated rings. The summed E-state index contributed by atoms with van der Waals surface area (Å²) in [6, 6.07) is 6.67. The summed E-state index contributed by atoms with van der Waals surface area (Å²) in [7, 11) is 0. The van der Waals surface area contributed by atoms with Gasteiger partial charge < -0.3 is 15.0 Å². The third kappa shape index (κ3) is 4.71. The van der Waals surface area contributed by atoms with E-state index in [1.807, 2.05) is 0 Å². The van der Waals surface area contributed by atoms with Gasteiger partial charge >= 0.3 is 5.97 Å². The number of rotatable bonds is 5. The van der Waals surface area contributed by atoms with Gasteiger partial charge in [0.05, 0.1) is 29.7 Å². The van der Waals surface area contributed by atoms with Crippen LogP contribution in [0.15, 0.2) is 24.3 Å². The predicted octanol–water partition coefficient (Wildman–Crippen LogP) is 1.87. The van der Waals surface area contributed by atoms with Gasteiger partial charge in [0.25, 0.3) is 5.91 Å². The number of esters is 1. The average Bonchev–Trinajstić information content (AvgIpc) is 2.60. The highest BCUT2D eigenvalue weighted by Crippen LogP contribution is 2.19. The van der Waals surface area contributed by atoms with Crippen LogP contribution in [-0.4, -0.2) is 48.9 Å². The van der Waals surface area contributed by atoms with Gasteiger partial charge in [0.1, 0.15) is 0 Å². The number of ether oxygens (including phenoxy) is 1. The van der Waals surface area contributed by atoms with Crippen LogP contribution in [0.1, 0.15) is 30.1 Å². The van der Waals surface area contributed by atoms with Gasteiger partial charge in [0.2, 0.25) is 5.91 Å². The molecule has 2 rings (SSSR count). The fourth-order valence-electron chi connectivity index (χ4n) is 2.63. The summed E-state index contributed by atoms with van der Waals surface area (Å²) in [5.74, 6) is -0.892. The Kier molecular flexibility index (Phi) is 6.61. The number of carbonyl (C=O) groups is 3. The van der Waals surface area contributed by atoms with Crippen LogP contribution in [0.3, 0.4) is 0 Å². The van der Waals surface area contributed by atoms with E-state index in [4.69, 9.17) is 16.3 Å². The monoisotopic (exact) mass is 352 g/mol. The molecule has 6 nitrogen and oxygen atoms in total. The maximum atomic E-state index is 12.2. The van der Waals surface area contributed by atoms with Crippen molar-refractivity contribution in [3.63, 3.8) is 0 Å². The van der Waals surface area contributed by atoms with Gasteiger partial charge in [-0.3, -0.25) is 14.4 Å². The van der Waals surface area contributed by atoms with Crippen molar-refractivity contribution in [3.05, 3.63) is 34.9 Å². The Morgan fingerprint density at radius 3 is 2.54 bits per heavy atom. The molecule has 2 amide bonds. The van der Waals surface area contributed by atoms with Crippen LogP contribution in [0.5, 0.6) is 0 Å². The zero-order valence-corrected chi connectivity index (χ0v) is 14.3. The van der Waals surface area contributed by atoms with Crippen LogP contribution < -0.4 is 5.32 Å². The van der Waals surface area contributed by atoms with Gasteiger partial charge in [-0.1, -0.05) is 23.7 Å². The van der Waals surface area contributed by atoms with Crippen molar-refractivity contribution >= 4 is 29.4 Å². The Morgan fingerprint density at radius 1 is 1.25 bits per heavy atom. The van der Waals surface area contributed by atoms with Crippen LogP contribution in [-0.2, 0) is 14.3 Å². The van der Waals surface area contributed by atoms with E-state index in [2.05, 4.69) is 5.32 Å². The molecule has 7 heteroatoms. The van der Waals surface area contributed by atoms with E-state index in [0.29, 0.717) is 43.1 Å². The maximum absolute atomic E-state index is 12.2. The summed E-state index contributed by atoms with van der Waals surface area (Å²) in [6.07, 6.45) is 1.17. The molecule has 0 aliphatic carbocycles. The molecule has 1 aliphatic heterocycles. The minimum atomic E-state index is -0.379. The second-order valence-corrected chi connectivity index (χ2v) is 5.98. The number of nitrogens with one attached hydrogen (secondary N) is 1. The van der Waals surface area contributed by atoms with E-state index in [9.17, 15) is 14.4 Å². The molecule has 1 N–H and O–H groups in total. The topological polar surface area (TPSA) is 75.7 Å². The minimum absolute atomic E-state index is 0.0892. The molecule has 0 aromatic heterocycles. The lowest BCUT2D eigenvalue weighted by atomic mass is 9.97. The van der Waals surface area contributed by atoms with Gasteiger partial charge in [0, 0.05) is 13.1 Å². The summed E-state index contributed by atoms with van der Waals surface area (Å²) in [4.78, 5) is 37.6. The number of halogens is 1. The highest BCUT2D eigenvalue weighted by molar-refractivity contribution is 6.33. The lowest BCUT2D eigenvalue weighted by Gasteiger charge is -2.31. The largest absolute Gasteiger partial charge is 0.466 e. The molecule has 0 saturated carbocycles. The molecular formula is C17H21ClN2O4. The quantitative estimate of drug-likeness (QED) is 0.821. The van der Waals surface area contributed by atoms with E-state index in [1.54, 1.807) is 36.1 Å². The smallest absolute Gasteiger partial charge is 0.309 e. The van der Waals surface area contributed by atoms with E-state index in [1.165, 1.54) is 0 Å². The van der Waals surface area contributed by atoms with Crippen LogP contribution in [0, 0.1) is 5.92 Å². The number of amides is 2. The minimum Gasteiger partial charge on any atom is -0.466 e. The predicted molar refractivity (Wildman–Crippen MR) is 89.7 cm³/mol. The van der Waals surface area contributed by atoms with Crippen LogP contribution in [0.2, 0.25) is 5.02 Å². The lowest BCUT2D eigenvalue weighted by Crippen LogP contribution is -2.45. The number of carbonyl (C=O) groups excluding carboxylic acids is 3. The van der Waals surface area contributed by atoms with E-state index >= 15 is 0 Å². The Morgan fingerprint density at radius 2 is 1.92 bits per heavy atom. The zero-order chi connectivity index (χ0) is 17.5. The first-order valence-electron chi connectivity index (χ1n) is 8.00. The normalized spacial score (nSPS) is 15.0. The van der Waals surface area contributed by atoms with E-state index < -0.39 is 0 Å². The molecule has 0 unspecified atom stereocenters. The third-order valence-corrected chi connectivity index (χ3v) is 4.32. The molecule has 0 atom stereocenters. The highest BCUT2D eigenvalue weighted by Gasteiger charge is 2.28. The molecule has 1 aromatic carbocycles. The van der Waals surface area contributed by atoms with Crippen molar-refractivity contribution < 1.29 is 19.1 Å². The Hall–Kier alpha value is -2.08. The molecule has 24 heavy (non-hydrogen) atoms. The Bertz CT molecular complexity index is 612. The molecule has 0 spiro atoms. The SMILES string of the molecule is CCOC(=O)C1CCN(C(=O)CNC(=O)c2ccccc2Cl)CC1. The van der Waals surface area contributed by atoms with Crippen LogP contribution in [0.4, 0.5) is 0 Å². The molecule has 1 saturated heterocycles. The van der Waals surface area contributed by atoms with Crippen molar-refractivity contribution in [3.8, 4) is 0 Å². The van der Waals surface area contributed by atoms with Crippen molar-refractivity contribution in [1.29, 1.82) is 0 Å². The summed E-state index contributed by atoms with van der Waals surface area (Å²) in [6.45, 7) is 3.03. The van der Waals surface area contributed by atoms with Crippen molar-refractivity contribution in [2.45, 2.75) is 19.8 Å². The Balaban J connectivity index is 1.79. The van der Waals surface area contributed by atoms with Crippen molar-refractivity contribution in [2.75, 3.05) is 26.2 Å². The number of piperidine rings is 1. The summed E-state index contributed by atoms with van der Waals surface area (Å²) in [5.41, 5.74) is 0.341. The second kappa shape index (κ2) is 8.68. The fraction of sp³-hybridized carbons (Fsp3) is 0.471. The first-order valence-corrected chi connectivity index (χ1v) is 8.37. The van der Waals surface area contributed by atoms with Gasteiger partial charge in [-0.25, -0.2) is 0 Å². The number of likely N-dealkylation sites (tertiary alicyclic amines) is 1. The zero-order valence-electron chi connectivity index (χ0n) is 13.6. The first-order chi connectivity index (χ1) is 11.5. The molecular weight excluding hydrogens is 332 g/mol. The van der Waals surface area contributed by atoms with Gasteiger partial charge in [-0.05, 0) is 31.9 Å². The molecule has 1 aromatic rings. The van der Waals surface area contributed by atoms with E-state index in [-0.39, 0.29) is 30.2 Å². The second-order valence-electron chi connectivity index (χ2n) is 5.57. The highest BCUT2D eigenvalue weighted by atomic mass is 35.5. The first kappa shape index (κ1) is 18.3. The molecule has 1 aliphatic rings. The number of hydrogen-bond acceptors (Lipinski definition) is 4. The maximum Gasteiger partial charge on any atom is 0.309 e. The van der Waals surface area contributed by atoms with Crippen LogP contribution in [0.25, 0.3) is 0 Å². The van der Waals surface area contributed by atoms with Gasteiger partial charge in [-0.2, -0.15) is 0 Å². The average molecular weight is 353 g/mol. The molecule has 0 bridgehead atoms. The fourth-order valence-corrected chi connectivity index (χ4v) is 2.85. The molecule has 0 radical (unpaired) electrons. The number of benzene rings is 1. The summed E-state index contributed by atoms with van der Waals surface area (Å²) in [5, 5.41) is 2.93. The van der Waals surface area contributed by atoms with Crippen molar-refractivity contribution in [1.82, 2.24) is 10.2 Å². The molecule has 130 valence electrons.